The smallest absolute Gasteiger partial charge is 0.189 e. The Labute approximate surface area is 83.4 Å². The summed E-state index contributed by atoms with van der Waals surface area (Å²) in [6.45, 7) is 0.399. The Hall–Kier alpha value is -1.26. The second kappa shape index (κ2) is 2.87. The Morgan fingerprint density at radius 1 is 1.36 bits per heavy atom. The van der Waals surface area contributed by atoms with Crippen molar-refractivity contribution in [2.24, 2.45) is 0 Å². The second-order valence-electron chi connectivity index (χ2n) is 3.11. The van der Waals surface area contributed by atoms with Gasteiger partial charge in [-0.25, -0.2) is 4.21 Å². The van der Waals surface area contributed by atoms with E-state index in [1.54, 1.807) is 6.20 Å². The fourth-order valence-corrected chi connectivity index (χ4v) is 2.55. The summed E-state index contributed by atoms with van der Waals surface area (Å²) in [5.74, 6) is 0. The molecule has 0 radical (unpaired) electrons. The summed E-state index contributed by atoms with van der Waals surface area (Å²) in [5.41, 5.74) is 1.86. The van der Waals surface area contributed by atoms with E-state index in [4.69, 9.17) is 4.18 Å². The van der Waals surface area contributed by atoms with Crippen LogP contribution in [-0.4, -0.2) is 9.19 Å². The first kappa shape index (κ1) is 8.08. The van der Waals surface area contributed by atoms with Gasteiger partial charge in [0, 0.05) is 17.1 Å². The molecule has 0 N–H and O–H groups in total. The maximum Gasteiger partial charge on any atom is 0.189 e. The molecule has 0 amide bonds. The summed E-state index contributed by atoms with van der Waals surface area (Å²) >= 11 is -1.29. The first-order chi connectivity index (χ1) is 6.86. The molecule has 4 heteroatoms. The van der Waals surface area contributed by atoms with E-state index in [9.17, 15) is 4.21 Å². The second-order valence-corrected chi connectivity index (χ2v) is 4.26. The average Bonchev–Trinajstić information content (AvgIpc) is 2.61. The molecule has 0 saturated carbocycles. The van der Waals surface area contributed by atoms with Gasteiger partial charge >= 0.3 is 0 Å². The standard InChI is InChI=1S/C10H7NO2S/c12-14-9-4-3-7-2-1-5-11-10(7)8(9)6-13-14/h1-5H,6H2. The molecule has 0 spiro atoms. The molecular formula is C10H7NO2S. The monoisotopic (exact) mass is 205 g/mol. The molecule has 3 nitrogen and oxygen atoms in total. The molecule has 14 heavy (non-hydrogen) atoms. The number of hydrogen-bond donors (Lipinski definition) is 0. The zero-order valence-corrected chi connectivity index (χ0v) is 8.08. The van der Waals surface area contributed by atoms with Crippen LogP contribution in [0.3, 0.4) is 0 Å². The lowest BCUT2D eigenvalue weighted by Gasteiger charge is -2.00. The lowest BCUT2D eigenvalue weighted by atomic mass is 10.1. The summed E-state index contributed by atoms with van der Waals surface area (Å²) in [6.07, 6.45) is 1.74. The molecule has 2 heterocycles. The van der Waals surface area contributed by atoms with Gasteiger partial charge in [0.2, 0.25) is 0 Å². The molecule has 1 atom stereocenters. The highest BCUT2D eigenvalue weighted by atomic mass is 32.2. The largest absolute Gasteiger partial charge is 0.282 e. The normalized spacial score (nSPS) is 19.9. The number of aromatic nitrogens is 1. The number of benzene rings is 1. The number of fused-ring (bicyclic) bond motifs is 3. The Morgan fingerprint density at radius 3 is 3.21 bits per heavy atom. The van der Waals surface area contributed by atoms with Crippen molar-refractivity contribution in [3.8, 4) is 0 Å². The van der Waals surface area contributed by atoms with Gasteiger partial charge in [-0.1, -0.05) is 12.1 Å². The number of nitrogens with zero attached hydrogens (tertiary/aromatic N) is 1. The van der Waals surface area contributed by atoms with Gasteiger partial charge in [0.15, 0.2) is 11.1 Å². The third kappa shape index (κ3) is 1.01. The van der Waals surface area contributed by atoms with Crippen molar-refractivity contribution in [2.75, 3.05) is 0 Å². The molecular weight excluding hydrogens is 198 g/mol. The molecule has 0 bridgehead atoms. The number of hydrogen-bond acceptors (Lipinski definition) is 3. The molecule has 0 fully saturated rings. The van der Waals surface area contributed by atoms with Gasteiger partial charge in [-0.2, -0.15) is 0 Å². The van der Waals surface area contributed by atoms with Crippen molar-refractivity contribution in [2.45, 2.75) is 11.5 Å². The van der Waals surface area contributed by atoms with Crippen LogP contribution in [0, 0.1) is 0 Å². The fraction of sp³-hybridized carbons (Fsp3) is 0.100. The SMILES string of the molecule is O=S1OCc2c1ccc1cccnc21. The average molecular weight is 205 g/mol. The zero-order chi connectivity index (χ0) is 9.54. The highest BCUT2D eigenvalue weighted by molar-refractivity contribution is 7.80. The van der Waals surface area contributed by atoms with Gasteiger partial charge < -0.3 is 0 Å². The molecule has 0 aliphatic carbocycles. The van der Waals surface area contributed by atoms with Crippen LogP contribution in [0.4, 0.5) is 0 Å². The third-order valence-corrected chi connectivity index (χ3v) is 3.40. The minimum atomic E-state index is -1.29. The van der Waals surface area contributed by atoms with Crippen molar-refractivity contribution < 1.29 is 8.39 Å². The van der Waals surface area contributed by atoms with Gasteiger partial charge in [-0.05, 0) is 12.1 Å². The van der Waals surface area contributed by atoms with Crippen LogP contribution in [0.5, 0.6) is 0 Å². The van der Waals surface area contributed by atoms with E-state index in [1.165, 1.54) is 0 Å². The van der Waals surface area contributed by atoms with E-state index >= 15 is 0 Å². The summed E-state index contributed by atoms with van der Waals surface area (Å²) < 4.78 is 16.4. The van der Waals surface area contributed by atoms with Crippen LogP contribution < -0.4 is 0 Å². The lowest BCUT2D eigenvalue weighted by Crippen LogP contribution is -1.87. The highest BCUT2D eigenvalue weighted by Gasteiger charge is 2.21. The fourth-order valence-electron chi connectivity index (χ4n) is 1.66. The number of pyridine rings is 1. The van der Waals surface area contributed by atoms with Crippen molar-refractivity contribution in [1.82, 2.24) is 4.98 Å². The minimum absolute atomic E-state index is 0.399. The quantitative estimate of drug-likeness (QED) is 0.658. The Morgan fingerprint density at radius 2 is 2.29 bits per heavy atom. The molecule has 0 saturated heterocycles. The van der Waals surface area contributed by atoms with E-state index in [0.29, 0.717) is 6.61 Å². The molecule has 70 valence electrons. The lowest BCUT2D eigenvalue weighted by molar-refractivity contribution is 0.356. The van der Waals surface area contributed by atoms with Crippen molar-refractivity contribution >= 4 is 22.0 Å². The predicted molar refractivity (Wildman–Crippen MR) is 52.9 cm³/mol. The van der Waals surface area contributed by atoms with E-state index in [2.05, 4.69) is 4.98 Å². The maximum absolute atomic E-state index is 11.4. The molecule has 1 unspecified atom stereocenters. The van der Waals surface area contributed by atoms with Crippen LogP contribution in [0.1, 0.15) is 5.56 Å². The van der Waals surface area contributed by atoms with Crippen molar-refractivity contribution in [3.05, 3.63) is 36.0 Å². The van der Waals surface area contributed by atoms with Gasteiger partial charge in [0.25, 0.3) is 0 Å². The van der Waals surface area contributed by atoms with Crippen molar-refractivity contribution in [1.29, 1.82) is 0 Å². The van der Waals surface area contributed by atoms with Crippen molar-refractivity contribution in [3.63, 3.8) is 0 Å². The summed E-state index contributed by atoms with van der Waals surface area (Å²) in [6, 6.07) is 7.65. The van der Waals surface area contributed by atoms with Crippen LogP contribution in [0.2, 0.25) is 0 Å². The zero-order valence-electron chi connectivity index (χ0n) is 7.27. The predicted octanol–water partition coefficient (Wildman–Crippen LogP) is 1.79. The molecule has 1 aliphatic rings. The van der Waals surface area contributed by atoms with Crippen LogP contribution in [0.15, 0.2) is 35.4 Å². The van der Waals surface area contributed by atoms with E-state index in [-0.39, 0.29) is 0 Å². The first-order valence-corrected chi connectivity index (χ1v) is 5.35. The maximum atomic E-state index is 11.4. The highest BCUT2D eigenvalue weighted by Crippen LogP contribution is 2.29. The molecule has 1 aromatic carbocycles. The molecule has 2 aromatic rings. The van der Waals surface area contributed by atoms with Gasteiger partial charge in [0.05, 0.1) is 17.0 Å². The van der Waals surface area contributed by atoms with E-state index < -0.39 is 11.1 Å². The van der Waals surface area contributed by atoms with Gasteiger partial charge in [-0.3, -0.25) is 9.17 Å². The number of rotatable bonds is 0. The molecule has 1 aliphatic heterocycles. The van der Waals surface area contributed by atoms with Crippen LogP contribution in [0.25, 0.3) is 10.9 Å². The van der Waals surface area contributed by atoms with Gasteiger partial charge in [-0.15, -0.1) is 0 Å². The first-order valence-electron chi connectivity index (χ1n) is 4.28. The summed E-state index contributed by atoms with van der Waals surface area (Å²) in [4.78, 5) is 5.03. The van der Waals surface area contributed by atoms with Gasteiger partial charge in [0.1, 0.15) is 0 Å². The third-order valence-electron chi connectivity index (χ3n) is 2.33. The molecule has 3 rings (SSSR count). The topological polar surface area (TPSA) is 39.2 Å². The summed E-state index contributed by atoms with van der Waals surface area (Å²) in [7, 11) is 0. The van der Waals surface area contributed by atoms with E-state index in [0.717, 1.165) is 21.4 Å². The Bertz CT molecular complexity index is 539. The Balaban J connectivity index is 2.44. The van der Waals surface area contributed by atoms with Crippen LogP contribution in [-0.2, 0) is 21.9 Å². The minimum Gasteiger partial charge on any atom is -0.282 e. The summed E-state index contributed by atoms with van der Waals surface area (Å²) in [5, 5.41) is 1.06. The van der Waals surface area contributed by atoms with Crippen LogP contribution >= 0.6 is 0 Å². The molecule has 1 aromatic heterocycles. The Kier molecular flexibility index (Phi) is 1.65. The van der Waals surface area contributed by atoms with E-state index in [1.807, 2.05) is 24.3 Å².